The topological polar surface area (TPSA) is 78.3 Å². The van der Waals surface area contributed by atoms with Crippen LogP contribution in [0, 0.1) is 0 Å². The molecule has 5 heteroatoms. The number of benzene rings is 1. The molecule has 0 unspecified atom stereocenters. The number of carbonyl (C=O) groups is 1. The van der Waals surface area contributed by atoms with Gasteiger partial charge in [0.25, 0.3) is 0 Å². The molecule has 0 aliphatic carbocycles. The first-order valence-electron chi connectivity index (χ1n) is 9.29. The van der Waals surface area contributed by atoms with Gasteiger partial charge in [-0.2, -0.15) is 0 Å². The third-order valence-corrected chi connectivity index (χ3v) is 3.73. The quantitative estimate of drug-likeness (QED) is 0.283. The monoisotopic (exact) mass is 360 g/mol. The van der Waals surface area contributed by atoms with Crippen LogP contribution < -0.4 is 45.8 Å². The Balaban J connectivity index is -0.000000798. The van der Waals surface area contributed by atoms with Gasteiger partial charge in [0, 0.05) is 20.0 Å². The molecule has 0 amide bonds. The Morgan fingerprint density at radius 1 is 1.00 bits per heavy atom. The first kappa shape index (κ1) is 26.8. The number of ether oxygens (including phenoxy) is 1. The number of hydrogen-bond donors (Lipinski definition) is 2. The molecule has 0 aromatic heterocycles. The van der Waals surface area contributed by atoms with Gasteiger partial charge in [-0.3, -0.25) is 4.79 Å². The third kappa shape index (κ3) is 13.5. The minimum absolute atomic E-state index is 0. The van der Waals surface area contributed by atoms with Crippen molar-refractivity contribution in [2.75, 3.05) is 13.1 Å². The number of aryl methyl sites for hydroxylation is 1. The number of hydrogen-bond acceptors (Lipinski definition) is 4. The molecule has 25 heavy (non-hydrogen) atoms. The molecule has 1 aromatic carbocycles. The van der Waals surface area contributed by atoms with Crippen molar-refractivity contribution in [3.63, 3.8) is 0 Å². The summed E-state index contributed by atoms with van der Waals surface area (Å²) in [5.41, 5.74) is 12.4. The fourth-order valence-corrected chi connectivity index (χ4v) is 2.50. The normalized spacial score (nSPS) is 9.64. The summed E-state index contributed by atoms with van der Waals surface area (Å²) in [6, 6.07) is 6.11. The van der Waals surface area contributed by atoms with Crippen molar-refractivity contribution in [1.29, 1.82) is 0 Å². The van der Waals surface area contributed by atoms with Crippen molar-refractivity contribution < 1.29 is 40.5 Å². The summed E-state index contributed by atoms with van der Waals surface area (Å²) in [5.74, 6) is 0.537. The SMILES string of the molecule is CCCCCc1cccc(OC(C)=O)c1CCCCC.NCCN.[H-].[Na+]. The van der Waals surface area contributed by atoms with Crippen LogP contribution in [-0.4, -0.2) is 19.1 Å². The molecule has 0 radical (unpaired) electrons. The van der Waals surface area contributed by atoms with Gasteiger partial charge in [-0.25, -0.2) is 0 Å². The molecule has 1 aromatic rings. The first-order valence-corrected chi connectivity index (χ1v) is 9.29. The molecule has 0 heterocycles. The van der Waals surface area contributed by atoms with Crippen molar-refractivity contribution in [1.82, 2.24) is 0 Å². The number of rotatable bonds is 10. The summed E-state index contributed by atoms with van der Waals surface area (Å²) < 4.78 is 5.38. The van der Waals surface area contributed by atoms with Gasteiger partial charge in [0.05, 0.1) is 0 Å². The van der Waals surface area contributed by atoms with Gasteiger partial charge in [0.15, 0.2) is 0 Å². The molecular weight excluding hydrogens is 323 g/mol. The molecule has 1 rings (SSSR count). The van der Waals surface area contributed by atoms with Crippen LogP contribution in [-0.2, 0) is 17.6 Å². The Labute approximate surface area is 177 Å². The van der Waals surface area contributed by atoms with Crippen LogP contribution in [0.15, 0.2) is 18.2 Å². The summed E-state index contributed by atoms with van der Waals surface area (Å²) in [5, 5.41) is 0. The van der Waals surface area contributed by atoms with Crippen LogP contribution in [0.2, 0.25) is 0 Å². The molecule has 0 aliphatic rings. The zero-order chi connectivity index (χ0) is 18.2. The average molecular weight is 361 g/mol. The van der Waals surface area contributed by atoms with Crippen LogP contribution in [0.3, 0.4) is 0 Å². The van der Waals surface area contributed by atoms with E-state index in [-0.39, 0.29) is 37.0 Å². The van der Waals surface area contributed by atoms with Gasteiger partial charge in [0.1, 0.15) is 5.75 Å². The van der Waals surface area contributed by atoms with E-state index in [0.29, 0.717) is 13.1 Å². The molecule has 0 saturated carbocycles. The van der Waals surface area contributed by atoms with Crippen molar-refractivity contribution >= 4 is 5.97 Å². The predicted octanol–water partition coefficient (Wildman–Crippen LogP) is 1.10. The van der Waals surface area contributed by atoms with Crippen LogP contribution in [0.1, 0.15) is 71.8 Å². The van der Waals surface area contributed by atoms with Crippen molar-refractivity contribution in [2.45, 2.75) is 72.1 Å². The summed E-state index contributed by atoms with van der Waals surface area (Å²) in [6.45, 7) is 7.09. The summed E-state index contributed by atoms with van der Waals surface area (Å²) in [4.78, 5) is 11.2. The second-order valence-corrected chi connectivity index (χ2v) is 5.98. The van der Waals surface area contributed by atoms with E-state index in [9.17, 15) is 4.79 Å². The van der Waals surface area contributed by atoms with Gasteiger partial charge in [-0.1, -0.05) is 51.7 Å². The van der Waals surface area contributed by atoms with Crippen molar-refractivity contribution in [3.05, 3.63) is 29.3 Å². The van der Waals surface area contributed by atoms with Crippen LogP contribution in [0.5, 0.6) is 5.75 Å². The van der Waals surface area contributed by atoms with E-state index in [1.807, 2.05) is 12.1 Å². The molecular formula is C20H37N2NaO2. The van der Waals surface area contributed by atoms with E-state index in [2.05, 4.69) is 19.9 Å². The molecule has 0 fully saturated rings. The Kier molecular flexibility index (Phi) is 19.8. The first-order chi connectivity index (χ1) is 11.6. The van der Waals surface area contributed by atoms with Crippen molar-refractivity contribution in [2.24, 2.45) is 11.5 Å². The Morgan fingerprint density at radius 3 is 2.04 bits per heavy atom. The summed E-state index contributed by atoms with van der Waals surface area (Å²) in [7, 11) is 0. The van der Waals surface area contributed by atoms with E-state index in [1.165, 1.54) is 50.2 Å². The maximum atomic E-state index is 11.2. The predicted molar refractivity (Wildman–Crippen MR) is 103 cm³/mol. The zero-order valence-electron chi connectivity index (χ0n) is 17.8. The minimum atomic E-state index is -0.229. The number of unbranched alkanes of at least 4 members (excludes halogenated alkanes) is 4. The fourth-order valence-electron chi connectivity index (χ4n) is 2.50. The fraction of sp³-hybridized carbons (Fsp3) is 0.650. The van der Waals surface area contributed by atoms with Gasteiger partial charge in [-0.15, -0.1) is 0 Å². The molecule has 0 aliphatic heterocycles. The van der Waals surface area contributed by atoms with Crippen LogP contribution in [0.25, 0.3) is 0 Å². The molecule has 4 N–H and O–H groups in total. The molecule has 0 saturated heterocycles. The smallest absolute Gasteiger partial charge is 1.00 e. The van der Waals surface area contributed by atoms with E-state index < -0.39 is 0 Å². The maximum absolute atomic E-state index is 11.2. The molecule has 0 atom stereocenters. The van der Waals surface area contributed by atoms with E-state index in [1.54, 1.807) is 0 Å². The number of esters is 1. The standard InChI is InChI=1S/C18H28O2.C2H8N2.Na.H/c1-4-6-8-11-16-12-10-14-18(20-15(3)19)17(16)13-9-7-5-2;3-1-2-4;;/h10,12,14H,4-9,11,13H2,1-3H3;1-4H2;;/q;;+1;-1. The van der Waals surface area contributed by atoms with Gasteiger partial charge < -0.3 is 17.6 Å². The van der Waals surface area contributed by atoms with E-state index in [0.717, 1.165) is 25.0 Å². The van der Waals surface area contributed by atoms with Crippen LogP contribution in [0.4, 0.5) is 0 Å². The molecule has 140 valence electrons. The Morgan fingerprint density at radius 2 is 1.56 bits per heavy atom. The van der Waals surface area contributed by atoms with Gasteiger partial charge in [0.2, 0.25) is 0 Å². The maximum Gasteiger partial charge on any atom is 1.00 e. The van der Waals surface area contributed by atoms with Crippen LogP contribution >= 0.6 is 0 Å². The number of carbonyl (C=O) groups excluding carboxylic acids is 1. The molecule has 4 nitrogen and oxygen atoms in total. The second kappa shape index (κ2) is 18.4. The molecule has 0 spiro atoms. The minimum Gasteiger partial charge on any atom is -1.00 e. The van der Waals surface area contributed by atoms with Gasteiger partial charge >= 0.3 is 35.5 Å². The third-order valence-electron chi connectivity index (χ3n) is 3.73. The van der Waals surface area contributed by atoms with E-state index in [4.69, 9.17) is 16.2 Å². The largest absolute Gasteiger partial charge is 1.00 e. The summed E-state index contributed by atoms with van der Waals surface area (Å²) >= 11 is 0. The summed E-state index contributed by atoms with van der Waals surface area (Å²) in [6.07, 6.45) is 9.39. The average Bonchev–Trinajstić information content (AvgIpc) is 2.57. The number of nitrogens with two attached hydrogens (primary N) is 2. The Hall–Kier alpha value is -0.390. The molecule has 0 bridgehead atoms. The van der Waals surface area contributed by atoms with Gasteiger partial charge in [-0.05, 0) is 42.9 Å². The van der Waals surface area contributed by atoms with E-state index >= 15 is 0 Å². The van der Waals surface area contributed by atoms with Crippen molar-refractivity contribution in [3.8, 4) is 5.75 Å². The Bertz CT molecular complexity index is 457. The second-order valence-electron chi connectivity index (χ2n) is 5.98. The zero-order valence-corrected chi connectivity index (χ0v) is 18.8.